The lowest BCUT2D eigenvalue weighted by Gasteiger charge is -2.31. The highest BCUT2D eigenvalue weighted by Crippen LogP contribution is 2.31. The van der Waals surface area contributed by atoms with Crippen LogP contribution in [0.25, 0.3) is 0 Å². The van der Waals surface area contributed by atoms with E-state index < -0.39 is 0 Å². The van der Waals surface area contributed by atoms with Gasteiger partial charge in [0.1, 0.15) is 5.75 Å². The topological polar surface area (TPSA) is 51.5 Å². The van der Waals surface area contributed by atoms with E-state index in [2.05, 4.69) is 12.1 Å². The van der Waals surface area contributed by atoms with E-state index in [0.29, 0.717) is 13.0 Å². The molecule has 140 valence electrons. The molecule has 0 saturated carbocycles. The average molecular weight is 375 g/mol. The Bertz CT molecular complexity index is 794. The summed E-state index contributed by atoms with van der Waals surface area (Å²) in [6.45, 7) is 3.15. The van der Waals surface area contributed by atoms with Gasteiger partial charge in [-0.2, -0.15) is 0 Å². The third-order valence-electron chi connectivity index (χ3n) is 5.10. The Labute approximate surface area is 158 Å². The van der Waals surface area contributed by atoms with Crippen molar-refractivity contribution in [3.63, 3.8) is 0 Å². The fourth-order valence-electron chi connectivity index (χ4n) is 3.61. The highest BCUT2D eigenvalue weighted by atomic mass is 32.1. The molecular weight excluding hydrogens is 348 g/mol. The number of benzene rings is 1. The first-order chi connectivity index (χ1) is 12.6. The number of ether oxygens (including phenoxy) is 1. The van der Waals surface area contributed by atoms with Crippen molar-refractivity contribution in [3.05, 3.63) is 50.6 Å². The molecule has 1 saturated heterocycles. The lowest BCUT2D eigenvalue weighted by atomic mass is 10.0. The molecule has 0 N–H and O–H groups in total. The van der Waals surface area contributed by atoms with Crippen LogP contribution in [0.15, 0.2) is 34.4 Å². The SMILES string of the molecule is COc1ccc(C2CCCCCN2C(=O)CCn2c(C)csc2=O)cc1. The molecule has 26 heavy (non-hydrogen) atoms. The zero-order valence-electron chi connectivity index (χ0n) is 15.4. The third-order valence-corrected chi connectivity index (χ3v) is 5.98. The molecular formula is C20H26N2O3S. The monoisotopic (exact) mass is 374 g/mol. The number of likely N-dealkylation sites (tertiary alicyclic amines) is 1. The summed E-state index contributed by atoms with van der Waals surface area (Å²) in [5.74, 6) is 0.956. The number of rotatable bonds is 5. The van der Waals surface area contributed by atoms with Crippen LogP contribution in [0.5, 0.6) is 5.75 Å². The predicted octanol–water partition coefficient (Wildman–Crippen LogP) is 3.76. The molecule has 0 bridgehead atoms. The van der Waals surface area contributed by atoms with Crippen molar-refractivity contribution in [2.45, 2.75) is 51.6 Å². The minimum Gasteiger partial charge on any atom is -0.497 e. The summed E-state index contributed by atoms with van der Waals surface area (Å²) in [6.07, 6.45) is 4.67. The Balaban J connectivity index is 1.75. The molecule has 0 spiro atoms. The number of aromatic nitrogens is 1. The van der Waals surface area contributed by atoms with E-state index in [4.69, 9.17) is 4.74 Å². The van der Waals surface area contributed by atoms with Crippen LogP contribution in [0, 0.1) is 6.92 Å². The molecule has 6 heteroatoms. The van der Waals surface area contributed by atoms with Gasteiger partial charge in [-0.25, -0.2) is 0 Å². The maximum atomic E-state index is 13.0. The Morgan fingerprint density at radius 2 is 2.00 bits per heavy atom. The summed E-state index contributed by atoms with van der Waals surface area (Å²) < 4.78 is 6.94. The smallest absolute Gasteiger partial charge is 0.307 e. The van der Waals surface area contributed by atoms with Crippen LogP contribution in [0.4, 0.5) is 0 Å². The first kappa shape index (κ1) is 18.7. The summed E-state index contributed by atoms with van der Waals surface area (Å²) >= 11 is 1.19. The van der Waals surface area contributed by atoms with Crippen LogP contribution in [0.3, 0.4) is 0 Å². The van der Waals surface area contributed by atoms with Crippen molar-refractivity contribution in [2.24, 2.45) is 0 Å². The molecule has 1 aromatic carbocycles. The van der Waals surface area contributed by atoms with E-state index >= 15 is 0 Å². The minimum atomic E-state index is 0.0119. The zero-order valence-corrected chi connectivity index (χ0v) is 16.3. The van der Waals surface area contributed by atoms with Gasteiger partial charge in [0, 0.05) is 30.6 Å². The molecule has 1 amide bonds. The van der Waals surface area contributed by atoms with Gasteiger partial charge in [-0.05, 0) is 37.5 Å². The molecule has 1 atom stereocenters. The highest BCUT2D eigenvalue weighted by Gasteiger charge is 2.26. The van der Waals surface area contributed by atoms with Gasteiger partial charge in [-0.1, -0.05) is 36.3 Å². The molecule has 0 aliphatic carbocycles. The number of methoxy groups -OCH3 is 1. The molecule has 3 rings (SSSR count). The van der Waals surface area contributed by atoms with E-state index in [9.17, 15) is 9.59 Å². The number of thiazole rings is 1. The van der Waals surface area contributed by atoms with Crippen LogP contribution < -0.4 is 9.61 Å². The van der Waals surface area contributed by atoms with Crippen LogP contribution in [0.2, 0.25) is 0 Å². The maximum absolute atomic E-state index is 13.0. The van der Waals surface area contributed by atoms with Gasteiger partial charge >= 0.3 is 4.87 Å². The highest BCUT2D eigenvalue weighted by molar-refractivity contribution is 7.07. The molecule has 2 aromatic rings. The number of nitrogens with zero attached hydrogens (tertiary/aromatic N) is 2. The fraction of sp³-hybridized carbons (Fsp3) is 0.500. The summed E-state index contributed by atoms with van der Waals surface area (Å²) in [5, 5.41) is 1.85. The second-order valence-electron chi connectivity index (χ2n) is 6.77. The fourth-order valence-corrected chi connectivity index (χ4v) is 4.37. The molecule has 1 aliphatic rings. The third kappa shape index (κ3) is 4.18. The van der Waals surface area contributed by atoms with E-state index in [1.54, 1.807) is 11.7 Å². The molecule has 1 fully saturated rings. The second-order valence-corrected chi connectivity index (χ2v) is 7.59. The van der Waals surface area contributed by atoms with Crippen molar-refractivity contribution in [2.75, 3.05) is 13.7 Å². The van der Waals surface area contributed by atoms with Crippen LogP contribution in [0.1, 0.15) is 49.4 Å². The van der Waals surface area contributed by atoms with Gasteiger partial charge in [0.25, 0.3) is 0 Å². The normalized spacial score (nSPS) is 17.8. The summed E-state index contributed by atoms with van der Waals surface area (Å²) in [6, 6.07) is 8.13. The summed E-state index contributed by atoms with van der Waals surface area (Å²) in [4.78, 5) is 26.9. The zero-order chi connectivity index (χ0) is 18.5. The van der Waals surface area contributed by atoms with Gasteiger partial charge in [0.15, 0.2) is 0 Å². The number of carbonyl (C=O) groups excluding carboxylic acids is 1. The maximum Gasteiger partial charge on any atom is 0.307 e. The lowest BCUT2D eigenvalue weighted by molar-refractivity contribution is -0.133. The number of amides is 1. The average Bonchev–Trinajstić information content (AvgIpc) is 2.86. The molecule has 1 aliphatic heterocycles. The van der Waals surface area contributed by atoms with Gasteiger partial charge < -0.3 is 14.2 Å². The van der Waals surface area contributed by atoms with Crippen molar-refractivity contribution in [3.8, 4) is 5.75 Å². The van der Waals surface area contributed by atoms with Gasteiger partial charge in [0.2, 0.25) is 5.91 Å². The molecule has 0 radical (unpaired) electrons. The molecule has 1 unspecified atom stereocenters. The minimum absolute atomic E-state index is 0.0119. The van der Waals surface area contributed by atoms with Gasteiger partial charge in [-0.3, -0.25) is 9.59 Å². The second kappa shape index (κ2) is 8.54. The number of carbonyl (C=O) groups is 1. The molecule has 1 aromatic heterocycles. The van der Waals surface area contributed by atoms with Gasteiger partial charge in [0.05, 0.1) is 13.2 Å². The summed E-state index contributed by atoms with van der Waals surface area (Å²) in [5.41, 5.74) is 2.08. The first-order valence-corrected chi connectivity index (χ1v) is 10.1. The molecule has 5 nitrogen and oxygen atoms in total. The number of hydrogen-bond acceptors (Lipinski definition) is 4. The largest absolute Gasteiger partial charge is 0.497 e. The predicted molar refractivity (Wildman–Crippen MR) is 104 cm³/mol. The Kier molecular flexibility index (Phi) is 6.14. The van der Waals surface area contributed by atoms with E-state index in [1.165, 1.54) is 11.3 Å². The van der Waals surface area contributed by atoms with Crippen LogP contribution in [-0.2, 0) is 11.3 Å². The number of aryl methyl sites for hydroxylation is 1. The van der Waals surface area contributed by atoms with Crippen molar-refractivity contribution >= 4 is 17.2 Å². The van der Waals surface area contributed by atoms with Crippen molar-refractivity contribution in [1.29, 1.82) is 0 Å². The van der Waals surface area contributed by atoms with Crippen LogP contribution >= 0.6 is 11.3 Å². The lowest BCUT2D eigenvalue weighted by Crippen LogP contribution is -2.35. The van der Waals surface area contributed by atoms with Crippen molar-refractivity contribution in [1.82, 2.24) is 9.47 Å². The Morgan fingerprint density at radius 3 is 2.65 bits per heavy atom. The Morgan fingerprint density at radius 1 is 1.23 bits per heavy atom. The van der Waals surface area contributed by atoms with Crippen LogP contribution in [-0.4, -0.2) is 29.0 Å². The van der Waals surface area contributed by atoms with E-state index in [0.717, 1.165) is 49.2 Å². The first-order valence-electron chi connectivity index (χ1n) is 9.18. The van der Waals surface area contributed by atoms with E-state index in [1.807, 2.05) is 29.3 Å². The van der Waals surface area contributed by atoms with E-state index in [-0.39, 0.29) is 16.8 Å². The quantitative estimate of drug-likeness (QED) is 0.801. The molecule has 2 heterocycles. The summed E-state index contributed by atoms with van der Waals surface area (Å²) in [7, 11) is 1.66. The standard InChI is InChI=1S/C20H26N2O3S/c1-15-14-26-20(24)21(15)13-11-19(23)22-12-5-3-4-6-18(22)16-7-9-17(25-2)10-8-16/h7-10,14,18H,3-6,11-13H2,1-2H3. The Hall–Kier alpha value is -2.08. The van der Waals surface area contributed by atoms with Crippen molar-refractivity contribution < 1.29 is 9.53 Å². The number of hydrogen-bond donors (Lipinski definition) is 0. The van der Waals surface area contributed by atoms with Gasteiger partial charge in [-0.15, -0.1) is 0 Å².